The maximum atomic E-state index is 4.73. The Kier molecular flexibility index (Phi) is 9.18. The standard InChI is InChI=1S/C46H44/c1-7-42(37-19-11-31(2)12-20-37)45(40-23-15-33(4)16-24-40)35(6)36-27-29-39(30-28-36)44-10-8-9-43(38-21-13-32(3)14-22-38)46(44)41-25-17-34(5)18-26-41/h7,9,11-27,29H,1,6,8,10,28,30H2,2-5H3/b45-42-. The molecule has 4 aromatic rings. The van der Waals surface area contributed by atoms with Crippen molar-refractivity contribution in [1.82, 2.24) is 0 Å². The highest BCUT2D eigenvalue weighted by molar-refractivity contribution is 6.08. The molecule has 0 bridgehead atoms. The lowest BCUT2D eigenvalue weighted by Gasteiger charge is -2.27. The second-order valence-corrected chi connectivity index (χ2v) is 12.8. The molecule has 0 atom stereocenters. The maximum Gasteiger partial charge on any atom is -0.00362 e. The van der Waals surface area contributed by atoms with E-state index in [1.165, 1.54) is 66.8 Å². The van der Waals surface area contributed by atoms with Gasteiger partial charge < -0.3 is 0 Å². The van der Waals surface area contributed by atoms with Gasteiger partial charge >= 0.3 is 0 Å². The van der Waals surface area contributed by atoms with E-state index >= 15 is 0 Å². The molecule has 0 amide bonds. The van der Waals surface area contributed by atoms with Gasteiger partial charge in [-0.2, -0.15) is 0 Å². The molecule has 4 aromatic carbocycles. The number of allylic oxidation sites excluding steroid dienone is 12. The first kappa shape index (κ1) is 31.1. The Hall–Kier alpha value is -4.94. The van der Waals surface area contributed by atoms with Crippen LogP contribution in [0.1, 0.15) is 70.2 Å². The van der Waals surface area contributed by atoms with Crippen LogP contribution < -0.4 is 0 Å². The van der Waals surface area contributed by atoms with Crippen LogP contribution in [0.2, 0.25) is 0 Å². The number of hydrogen-bond acceptors (Lipinski definition) is 0. The van der Waals surface area contributed by atoms with E-state index in [1.807, 2.05) is 6.08 Å². The smallest absolute Gasteiger partial charge is 0.00362 e. The van der Waals surface area contributed by atoms with E-state index in [1.54, 1.807) is 0 Å². The van der Waals surface area contributed by atoms with Gasteiger partial charge in [-0.3, -0.25) is 0 Å². The molecule has 2 aliphatic carbocycles. The molecule has 0 saturated carbocycles. The zero-order valence-corrected chi connectivity index (χ0v) is 27.8. The van der Waals surface area contributed by atoms with E-state index < -0.39 is 0 Å². The number of benzene rings is 4. The fraction of sp³-hybridized carbons (Fsp3) is 0.174. The Morgan fingerprint density at radius 3 is 1.63 bits per heavy atom. The SMILES string of the molecule is C=C/C(=C(\C(=C)C1=CC=C(C2=C(c3ccc(C)cc3)C(c3ccc(C)cc3)=CCC2)CC1)c1ccc(C)cc1)c1ccc(C)cc1. The van der Waals surface area contributed by atoms with Crippen molar-refractivity contribution in [3.8, 4) is 0 Å². The quantitative estimate of drug-likeness (QED) is 0.140. The normalized spacial score (nSPS) is 15.4. The summed E-state index contributed by atoms with van der Waals surface area (Å²) in [5.41, 5.74) is 20.3. The molecular weight excluding hydrogens is 553 g/mol. The zero-order chi connectivity index (χ0) is 32.2. The lowest BCUT2D eigenvalue weighted by molar-refractivity contribution is 0.883. The van der Waals surface area contributed by atoms with E-state index in [9.17, 15) is 0 Å². The highest BCUT2D eigenvalue weighted by atomic mass is 14.3. The largest absolute Gasteiger partial charge is 0.0984 e. The molecule has 2 aliphatic rings. The fourth-order valence-electron chi connectivity index (χ4n) is 6.73. The summed E-state index contributed by atoms with van der Waals surface area (Å²) in [7, 11) is 0. The molecule has 0 unspecified atom stereocenters. The van der Waals surface area contributed by atoms with Crippen LogP contribution in [0.5, 0.6) is 0 Å². The van der Waals surface area contributed by atoms with Gasteiger partial charge in [-0.15, -0.1) is 0 Å². The highest BCUT2D eigenvalue weighted by Gasteiger charge is 2.24. The zero-order valence-electron chi connectivity index (χ0n) is 27.8. The minimum absolute atomic E-state index is 0.951. The topological polar surface area (TPSA) is 0 Å². The number of aryl methyl sites for hydroxylation is 4. The minimum Gasteiger partial charge on any atom is -0.0984 e. The summed E-state index contributed by atoms with van der Waals surface area (Å²) in [6.07, 6.45) is 13.2. The third kappa shape index (κ3) is 6.53. The Morgan fingerprint density at radius 2 is 1.11 bits per heavy atom. The minimum atomic E-state index is 0.951. The third-order valence-corrected chi connectivity index (χ3v) is 9.42. The lowest BCUT2D eigenvalue weighted by Crippen LogP contribution is -2.07. The van der Waals surface area contributed by atoms with Gasteiger partial charge in [-0.05, 0) is 120 Å². The molecule has 46 heavy (non-hydrogen) atoms. The van der Waals surface area contributed by atoms with Crippen LogP contribution in [0, 0.1) is 27.7 Å². The van der Waals surface area contributed by atoms with Gasteiger partial charge in [0.15, 0.2) is 0 Å². The number of rotatable bonds is 8. The van der Waals surface area contributed by atoms with Crippen molar-refractivity contribution in [1.29, 1.82) is 0 Å². The summed E-state index contributed by atoms with van der Waals surface area (Å²) in [4.78, 5) is 0. The van der Waals surface area contributed by atoms with Crippen molar-refractivity contribution in [2.45, 2.75) is 53.4 Å². The Balaban J connectivity index is 1.44. The molecule has 0 heteroatoms. The highest BCUT2D eigenvalue weighted by Crippen LogP contribution is 2.45. The molecule has 6 rings (SSSR count). The first-order valence-electron chi connectivity index (χ1n) is 16.5. The Morgan fingerprint density at radius 1 is 0.587 bits per heavy atom. The predicted octanol–water partition coefficient (Wildman–Crippen LogP) is 12.6. The average molecular weight is 597 g/mol. The van der Waals surface area contributed by atoms with Crippen LogP contribution in [-0.2, 0) is 0 Å². The summed E-state index contributed by atoms with van der Waals surface area (Å²) < 4.78 is 0. The second kappa shape index (κ2) is 13.6. The summed E-state index contributed by atoms with van der Waals surface area (Å²) in [6.45, 7) is 17.6. The molecular formula is C46H44. The molecule has 0 aliphatic heterocycles. The van der Waals surface area contributed by atoms with Crippen molar-refractivity contribution < 1.29 is 0 Å². The van der Waals surface area contributed by atoms with E-state index in [0.717, 1.165) is 48.0 Å². The molecule has 0 radical (unpaired) electrons. The summed E-state index contributed by atoms with van der Waals surface area (Å²) in [5.74, 6) is 0. The van der Waals surface area contributed by atoms with Crippen LogP contribution >= 0.6 is 0 Å². The van der Waals surface area contributed by atoms with Gasteiger partial charge in [0.1, 0.15) is 0 Å². The molecule has 0 saturated heterocycles. The molecule has 0 heterocycles. The van der Waals surface area contributed by atoms with Gasteiger partial charge in [-0.1, -0.05) is 157 Å². The fourth-order valence-corrected chi connectivity index (χ4v) is 6.73. The van der Waals surface area contributed by atoms with E-state index in [4.69, 9.17) is 6.58 Å². The first-order chi connectivity index (χ1) is 22.3. The molecule has 0 fully saturated rings. The summed E-state index contributed by atoms with van der Waals surface area (Å²) in [6, 6.07) is 35.6. The van der Waals surface area contributed by atoms with Gasteiger partial charge in [0.25, 0.3) is 0 Å². The van der Waals surface area contributed by atoms with Crippen molar-refractivity contribution in [3.63, 3.8) is 0 Å². The molecule has 0 N–H and O–H groups in total. The summed E-state index contributed by atoms with van der Waals surface area (Å²) >= 11 is 0. The van der Waals surface area contributed by atoms with Gasteiger partial charge in [0.2, 0.25) is 0 Å². The van der Waals surface area contributed by atoms with Crippen LogP contribution in [0.3, 0.4) is 0 Å². The Bertz CT molecular complexity index is 1930. The van der Waals surface area contributed by atoms with Crippen LogP contribution in [-0.4, -0.2) is 0 Å². The van der Waals surface area contributed by atoms with Crippen molar-refractivity contribution in [2.75, 3.05) is 0 Å². The van der Waals surface area contributed by atoms with E-state index in [2.05, 4.69) is 150 Å². The van der Waals surface area contributed by atoms with E-state index in [-0.39, 0.29) is 0 Å². The van der Waals surface area contributed by atoms with Crippen molar-refractivity contribution >= 4 is 22.3 Å². The van der Waals surface area contributed by atoms with Gasteiger partial charge in [0, 0.05) is 0 Å². The van der Waals surface area contributed by atoms with Gasteiger partial charge in [0.05, 0.1) is 0 Å². The first-order valence-corrected chi connectivity index (χ1v) is 16.5. The van der Waals surface area contributed by atoms with Crippen LogP contribution in [0.4, 0.5) is 0 Å². The van der Waals surface area contributed by atoms with E-state index in [0.29, 0.717) is 0 Å². The summed E-state index contributed by atoms with van der Waals surface area (Å²) in [5, 5.41) is 0. The molecule has 0 spiro atoms. The average Bonchev–Trinajstić information content (AvgIpc) is 3.08. The third-order valence-electron chi connectivity index (χ3n) is 9.42. The van der Waals surface area contributed by atoms with Crippen molar-refractivity contribution in [3.05, 3.63) is 201 Å². The van der Waals surface area contributed by atoms with Gasteiger partial charge in [-0.25, -0.2) is 0 Å². The van der Waals surface area contributed by atoms with Crippen LogP contribution in [0.15, 0.2) is 157 Å². The lowest BCUT2D eigenvalue weighted by atomic mass is 9.77. The predicted molar refractivity (Wildman–Crippen MR) is 200 cm³/mol. The maximum absolute atomic E-state index is 4.73. The molecule has 0 aromatic heterocycles. The number of hydrogen-bond donors (Lipinski definition) is 0. The van der Waals surface area contributed by atoms with Crippen LogP contribution in [0.25, 0.3) is 22.3 Å². The molecule has 0 nitrogen and oxygen atoms in total. The Labute approximate surface area is 276 Å². The molecule has 228 valence electrons. The second-order valence-electron chi connectivity index (χ2n) is 12.8. The monoisotopic (exact) mass is 596 g/mol. The van der Waals surface area contributed by atoms with Crippen molar-refractivity contribution in [2.24, 2.45) is 0 Å².